The summed E-state index contributed by atoms with van der Waals surface area (Å²) in [4.78, 5) is 0. The molecule has 2 N–H and O–H groups in total. The first kappa shape index (κ1) is 12.0. The van der Waals surface area contributed by atoms with Crippen molar-refractivity contribution < 1.29 is 5.11 Å². The van der Waals surface area contributed by atoms with Crippen LogP contribution in [0.15, 0.2) is 0 Å². The third kappa shape index (κ3) is 1.94. The zero-order valence-electron chi connectivity index (χ0n) is 11.3. The number of hydrogen-bond acceptors (Lipinski definition) is 2. The van der Waals surface area contributed by atoms with E-state index >= 15 is 0 Å². The fourth-order valence-corrected chi connectivity index (χ4v) is 4.75. The summed E-state index contributed by atoms with van der Waals surface area (Å²) in [6.07, 6.45) is 7.83. The molecule has 0 bridgehead atoms. The molecular weight excluding hydrogens is 210 g/mol. The Morgan fingerprint density at radius 1 is 1.06 bits per heavy atom. The maximum Gasteiger partial charge on any atom is 0.0634 e. The summed E-state index contributed by atoms with van der Waals surface area (Å²) in [5.41, 5.74) is 0.126. The highest BCUT2D eigenvalue weighted by molar-refractivity contribution is 5.02. The predicted molar refractivity (Wildman–Crippen MR) is 69.8 cm³/mol. The van der Waals surface area contributed by atoms with Crippen LogP contribution in [0.3, 0.4) is 0 Å². The molecule has 3 fully saturated rings. The zero-order chi connectivity index (χ0) is 12.0. The van der Waals surface area contributed by atoms with Crippen LogP contribution in [0.4, 0.5) is 0 Å². The van der Waals surface area contributed by atoms with E-state index in [1.807, 2.05) is 0 Å². The van der Waals surface area contributed by atoms with Crippen molar-refractivity contribution in [2.45, 2.75) is 64.5 Å². The van der Waals surface area contributed by atoms with Gasteiger partial charge in [-0.15, -0.1) is 0 Å². The summed E-state index contributed by atoms with van der Waals surface area (Å²) in [6, 6.07) is 0.608. The van der Waals surface area contributed by atoms with Crippen LogP contribution < -0.4 is 5.32 Å². The van der Waals surface area contributed by atoms with Crippen molar-refractivity contribution in [3.8, 4) is 0 Å². The Kier molecular flexibility index (Phi) is 2.99. The van der Waals surface area contributed by atoms with Gasteiger partial charge in [0.15, 0.2) is 0 Å². The Hall–Kier alpha value is -0.0800. The van der Waals surface area contributed by atoms with Crippen molar-refractivity contribution in [1.29, 1.82) is 0 Å². The summed E-state index contributed by atoms with van der Waals surface area (Å²) >= 11 is 0. The number of aliphatic hydroxyl groups excluding tert-OH is 1. The van der Waals surface area contributed by atoms with Crippen molar-refractivity contribution >= 4 is 0 Å². The molecule has 2 aliphatic carbocycles. The molecule has 3 rings (SSSR count). The van der Waals surface area contributed by atoms with E-state index in [9.17, 15) is 5.11 Å². The van der Waals surface area contributed by atoms with Crippen LogP contribution in [-0.4, -0.2) is 23.8 Å². The van der Waals surface area contributed by atoms with E-state index in [1.165, 1.54) is 45.1 Å². The van der Waals surface area contributed by atoms with Crippen LogP contribution in [0.2, 0.25) is 0 Å². The van der Waals surface area contributed by atoms with Gasteiger partial charge in [-0.05, 0) is 49.5 Å². The van der Waals surface area contributed by atoms with Gasteiger partial charge in [0.25, 0.3) is 0 Å². The molecule has 3 aliphatic rings. The summed E-state index contributed by atoms with van der Waals surface area (Å²) < 4.78 is 0. The average molecular weight is 237 g/mol. The van der Waals surface area contributed by atoms with Crippen molar-refractivity contribution in [3.63, 3.8) is 0 Å². The Morgan fingerprint density at radius 2 is 1.82 bits per heavy atom. The molecular formula is C15H27NO. The van der Waals surface area contributed by atoms with Gasteiger partial charge >= 0.3 is 0 Å². The SMILES string of the molecule is CC1(C)CCCC(C2NCC3CCCC32)C1O. The third-order valence-electron chi connectivity index (χ3n) is 5.82. The quantitative estimate of drug-likeness (QED) is 0.734. The second kappa shape index (κ2) is 4.24. The lowest BCUT2D eigenvalue weighted by atomic mass is 9.65. The van der Waals surface area contributed by atoms with Gasteiger partial charge in [-0.1, -0.05) is 26.7 Å². The van der Waals surface area contributed by atoms with Crippen LogP contribution in [0, 0.1) is 23.2 Å². The van der Waals surface area contributed by atoms with Gasteiger partial charge in [-0.2, -0.15) is 0 Å². The van der Waals surface area contributed by atoms with Gasteiger partial charge in [0.05, 0.1) is 6.10 Å². The van der Waals surface area contributed by atoms with Crippen LogP contribution >= 0.6 is 0 Å². The van der Waals surface area contributed by atoms with Crippen molar-refractivity contribution in [2.24, 2.45) is 23.2 Å². The highest BCUT2D eigenvalue weighted by Gasteiger charge is 2.48. The van der Waals surface area contributed by atoms with Gasteiger partial charge in [0.1, 0.15) is 0 Å². The molecule has 0 amide bonds. The van der Waals surface area contributed by atoms with Crippen molar-refractivity contribution in [1.82, 2.24) is 5.32 Å². The molecule has 1 saturated heterocycles. The summed E-state index contributed by atoms with van der Waals surface area (Å²) in [6.45, 7) is 5.69. The van der Waals surface area contributed by atoms with Crippen molar-refractivity contribution in [3.05, 3.63) is 0 Å². The largest absolute Gasteiger partial charge is 0.392 e. The molecule has 0 aromatic carbocycles. The molecule has 2 saturated carbocycles. The molecule has 1 aliphatic heterocycles. The number of nitrogens with one attached hydrogen (secondary N) is 1. The average Bonchev–Trinajstić information content (AvgIpc) is 2.84. The molecule has 0 aromatic rings. The third-order valence-corrected chi connectivity index (χ3v) is 5.82. The highest BCUT2D eigenvalue weighted by Crippen LogP contribution is 2.47. The maximum atomic E-state index is 10.6. The zero-order valence-corrected chi connectivity index (χ0v) is 11.3. The van der Waals surface area contributed by atoms with Gasteiger partial charge in [-0.3, -0.25) is 0 Å². The number of hydrogen-bond donors (Lipinski definition) is 2. The van der Waals surface area contributed by atoms with E-state index in [4.69, 9.17) is 0 Å². The number of rotatable bonds is 1. The molecule has 2 nitrogen and oxygen atoms in total. The Bertz CT molecular complexity index is 289. The molecule has 1 heterocycles. The van der Waals surface area contributed by atoms with Crippen LogP contribution in [0.1, 0.15) is 52.4 Å². The second-order valence-corrected chi connectivity index (χ2v) is 7.28. The fourth-order valence-electron chi connectivity index (χ4n) is 4.75. The highest BCUT2D eigenvalue weighted by atomic mass is 16.3. The van der Waals surface area contributed by atoms with E-state index in [-0.39, 0.29) is 11.5 Å². The normalized spacial score (nSPS) is 49.2. The van der Waals surface area contributed by atoms with E-state index in [2.05, 4.69) is 19.2 Å². The van der Waals surface area contributed by atoms with Gasteiger partial charge < -0.3 is 10.4 Å². The second-order valence-electron chi connectivity index (χ2n) is 7.28. The van der Waals surface area contributed by atoms with Crippen molar-refractivity contribution in [2.75, 3.05) is 6.54 Å². The van der Waals surface area contributed by atoms with Gasteiger partial charge in [-0.25, -0.2) is 0 Å². The smallest absolute Gasteiger partial charge is 0.0634 e. The van der Waals surface area contributed by atoms with Gasteiger partial charge in [0.2, 0.25) is 0 Å². The van der Waals surface area contributed by atoms with Crippen LogP contribution in [0.25, 0.3) is 0 Å². The maximum absolute atomic E-state index is 10.6. The van der Waals surface area contributed by atoms with Crippen LogP contribution in [0.5, 0.6) is 0 Å². The lowest BCUT2D eigenvalue weighted by Gasteiger charge is -2.44. The first-order valence-electron chi connectivity index (χ1n) is 7.51. The minimum absolute atomic E-state index is 0.104. The molecule has 0 radical (unpaired) electrons. The Labute approximate surface area is 105 Å². The molecule has 5 unspecified atom stereocenters. The minimum atomic E-state index is -0.104. The number of aliphatic hydroxyl groups is 1. The summed E-state index contributed by atoms with van der Waals surface area (Å²) in [5.74, 6) is 2.28. The summed E-state index contributed by atoms with van der Waals surface area (Å²) in [7, 11) is 0. The molecule has 0 spiro atoms. The first-order chi connectivity index (χ1) is 8.09. The lowest BCUT2D eigenvalue weighted by molar-refractivity contribution is -0.0485. The lowest BCUT2D eigenvalue weighted by Crippen LogP contribution is -2.49. The predicted octanol–water partition coefficient (Wildman–Crippen LogP) is 2.56. The van der Waals surface area contributed by atoms with E-state index in [1.54, 1.807) is 0 Å². The molecule has 2 heteroatoms. The first-order valence-corrected chi connectivity index (χ1v) is 7.51. The Morgan fingerprint density at radius 3 is 2.65 bits per heavy atom. The summed E-state index contributed by atoms with van der Waals surface area (Å²) in [5, 5.41) is 14.4. The standard InChI is InChI=1S/C15H27NO/c1-15(2)8-4-7-12(14(15)17)13-11-6-3-5-10(11)9-16-13/h10-14,16-17H,3-9H2,1-2H3. The fraction of sp³-hybridized carbons (Fsp3) is 1.00. The van der Waals surface area contributed by atoms with Gasteiger partial charge in [0, 0.05) is 12.0 Å². The monoisotopic (exact) mass is 237 g/mol. The topological polar surface area (TPSA) is 32.3 Å². The molecule has 98 valence electrons. The van der Waals surface area contributed by atoms with E-state index in [0.29, 0.717) is 12.0 Å². The van der Waals surface area contributed by atoms with Crippen LogP contribution in [-0.2, 0) is 0 Å². The van der Waals surface area contributed by atoms with E-state index in [0.717, 1.165) is 11.8 Å². The molecule has 5 atom stereocenters. The number of fused-ring (bicyclic) bond motifs is 1. The minimum Gasteiger partial charge on any atom is -0.392 e. The Balaban J connectivity index is 1.75. The van der Waals surface area contributed by atoms with E-state index < -0.39 is 0 Å². The molecule has 17 heavy (non-hydrogen) atoms. The molecule has 0 aromatic heterocycles.